The van der Waals surface area contributed by atoms with Crippen molar-refractivity contribution in [2.75, 3.05) is 0 Å². The molecule has 6 aromatic rings. The summed E-state index contributed by atoms with van der Waals surface area (Å²) in [7, 11) is 0. The minimum atomic E-state index is -0.833. The van der Waals surface area contributed by atoms with E-state index in [0.29, 0.717) is 24.0 Å². The van der Waals surface area contributed by atoms with Gasteiger partial charge in [-0.05, 0) is 117 Å². The molecule has 0 spiro atoms. The predicted molar refractivity (Wildman–Crippen MR) is 259 cm³/mol. The highest BCUT2D eigenvalue weighted by Crippen LogP contribution is 2.34. The Hall–Kier alpha value is -9.05. The highest BCUT2D eigenvalue weighted by atomic mass is 16.4. The fourth-order valence-corrected chi connectivity index (χ4v) is 7.95. The lowest BCUT2D eigenvalue weighted by molar-refractivity contribution is -0.134. The number of hydrogen-bond acceptors (Lipinski definition) is 11. The molecular weight excluding hydrogens is 833 g/mol. The number of carboxylic acid groups (broad SMARTS) is 1. The summed E-state index contributed by atoms with van der Waals surface area (Å²) in [5.74, 6) is -0.515. The Kier molecular flexibility index (Phi) is 12.1. The van der Waals surface area contributed by atoms with E-state index in [4.69, 9.17) is 74.0 Å². The molecule has 4 heterocycles. The average molecular weight is 877 g/mol. The Balaban J connectivity index is 0.000000166. The third-order valence-electron chi connectivity index (χ3n) is 11.3. The molecule has 0 fully saturated rings. The van der Waals surface area contributed by atoms with Gasteiger partial charge < -0.3 is 38.5 Å². The number of benzene rings is 6. The van der Waals surface area contributed by atoms with E-state index in [2.05, 4.69) is 58.8 Å². The van der Waals surface area contributed by atoms with Crippen LogP contribution in [0.25, 0.3) is 0 Å². The second-order valence-electron chi connectivity index (χ2n) is 15.8. The molecule has 16 nitrogen and oxygen atoms in total. The third-order valence-corrected chi connectivity index (χ3v) is 11.3. The number of carboxylic acids is 1. The summed E-state index contributed by atoms with van der Waals surface area (Å²) in [5, 5.41) is 46.6. The Morgan fingerprint density at radius 1 is 0.455 bits per heavy atom. The number of nitrogens with zero attached hydrogens (tertiary/aromatic N) is 6. The van der Waals surface area contributed by atoms with Crippen molar-refractivity contribution < 1.29 is 20.3 Å². The number of aliphatic carboxylic acids is 1. The maximum atomic E-state index is 9.00. The molecule has 0 aliphatic carbocycles. The quantitative estimate of drug-likeness (QED) is 0.0333. The van der Waals surface area contributed by atoms with Crippen LogP contribution >= 0.6 is 0 Å². The number of oxime groups is 2. The summed E-state index contributed by atoms with van der Waals surface area (Å²) in [4.78, 5) is 28.0. The zero-order valence-electron chi connectivity index (χ0n) is 35.6. The fourth-order valence-electron chi connectivity index (χ4n) is 7.95. The zero-order valence-corrected chi connectivity index (χ0v) is 35.6. The standard InChI is InChI=1S/C24H20N6O2.C24H20N6.C2H4O2/c25-23(29-31)15-5-7-19-17(9-15)11-21(27-19)13-1-2-14(4-3-13)22-12-18-10-16(24(26)30-32)6-8-20(18)28-22;25-23(26)15-5-7-19-17(9-15)11-21(29-19)13-1-2-14(4-3-13)22-12-18-10-16(24(27)28)6-8-20(18)30-22;1-2(3)4/h1-10,31-32H,11-12H2,(H2,25,29)(H2,26,30);1-10H,11-12H2,(H3,25,26)(H3,27,28);1H3,(H,3,4). The first-order valence-corrected chi connectivity index (χ1v) is 20.6. The molecule has 0 saturated carbocycles. The molecule has 66 heavy (non-hydrogen) atoms. The van der Waals surface area contributed by atoms with Crippen LogP contribution < -0.4 is 22.9 Å². The lowest BCUT2D eigenvalue weighted by Gasteiger charge is -2.05. The lowest BCUT2D eigenvalue weighted by Crippen LogP contribution is -2.13. The highest BCUT2D eigenvalue weighted by Gasteiger charge is 2.22. The van der Waals surface area contributed by atoms with Crippen molar-refractivity contribution in [1.29, 1.82) is 10.8 Å². The van der Waals surface area contributed by atoms with E-state index < -0.39 is 5.97 Å². The first kappa shape index (κ1) is 43.6. The molecule has 13 N–H and O–H groups in total. The first-order valence-electron chi connectivity index (χ1n) is 20.6. The molecule has 10 rings (SSSR count). The molecule has 0 unspecified atom stereocenters. The molecule has 0 saturated heterocycles. The molecule has 16 heteroatoms. The zero-order chi connectivity index (χ0) is 46.6. The molecule has 0 aromatic heterocycles. The van der Waals surface area contributed by atoms with Gasteiger partial charge in [-0.25, -0.2) is 0 Å². The molecule has 4 aliphatic rings. The number of nitrogen functional groups attached to an aromatic ring is 2. The van der Waals surface area contributed by atoms with Crippen molar-refractivity contribution in [1.82, 2.24) is 0 Å². The van der Waals surface area contributed by atoms with Crippen LogP contribution in [-0.2, 0) is 30.5 Å². The molecule has 0 radical (unpaired) electrons. The second-order valence-corrected chi connectivity index (χ2v) is 15.8. The number of amidine groups is 4. The topological polar surface area (TPSA) is 304 Å². The van der Waals surface area contributed by atoms with E-state index >= 15 is 0 Å². The molecule has 328 valence electrons. The largest absolute Gasteiger partial charge is 0.481 e. The monoisotopic (exact) mass is 876 g/mol. The van der Waals surface area contributed by atoms with Crippen LogP contribution in [0.2, 0.25) is 0 Å². The number of fused-ring (bicyclic) bond motifs is 4. The van der Waals surface area contributed by atoms with Gasteiger partial charge >= 0.3 is 0 Å². The van der Waals surface area contributed by atoms with E-state index in [9.17, 15) is 0 Å². The van der Waals surface area contributed by atoms with Gasteiger partial charge in [0.25, 0.3) is 5.97 Å². The Labute approximate surface area is 378 Å². The normalized spacial score (nSPS) is 14.1. The average Bonchev–Trinajstić information content (AvgIpc) is 4.14. The van der Waals surface area contributed by atoms with Crippen LogP contribution in [0.15, 0.2) is 152 Å². The van der Waals surface area contributed by atoms with Gasteiger partial charge in [0.1, 0.15) is 11.7 Å². The molecule has 6 aromatic carbocycles. The van der Waals surface area contributed by atoms with Crippen molar-refractivity contribution in [2.45, 2.75) is 32.6 Å². The number of rotatable bonds is 8. The molecule has 0 atom stereocenters. The van der Waals surface area contributed by atoms with Crippen LogP contribution in [0, 0.1) is 10.8 Å². The van der Waals surface area contributed by atoms with E-state index in [0.717, 1.165) is 121 Å². The van der Waals surface area contributed by atoms with Crippen molar-refractivity contribution in [2.24, 2.45) is 53.2 Å². The summed E-state index contributed by atoms with van der Waals surface area (Å²) in [6.45, 7) is 1.08. The number of carbonyl (C=O) groups is 1. The van der Waals surface area contributed by atoms with Crippen LogP contribution in [-0.4, -0.2) is 67.7 Å². The van der Waals surface area contributed by atoms with E-state index in [1.165, 1.54) is 0 Å². The van der Waals surface area contributed by atoms with Gasteiger partial charge in [0.05, 0.1) is 45.6 Å². The van der Waals surface area contributed by atoms with Gasteiger partial charge in [-0.1, -0.05) is 58.8 Å². The van der Waals surface area contributed by atoms with Gasteiger partial charge in [0, 0.05) is 54.9 Å². The SMILES string of the molecule is CC(=O)O.N=C(N)c1ccc2c(c1)CC(c1ccc(C3=Nc4ccc(C(=N)N)cc4C3)cc1)=N2.NC(=NO)c1ccc2c(c1)CC(c1ccc(C3=Nc4ccc(C(N)=NO)cc4C3)cc1)=N2. The second kappa shape index (κ2) is 18.4. The van der Waals surface area contributed by atoms with Crippen LogP contribution in [0.3, 0.4) is 0 Å². The summed E-state index contributed by atoms with van der Waals surface area (Å²) in [5.41, 5.74) is 41.6. The van der Waals surface area contributed by atoms with E-state index in [-0.39, 0.29) is 23.3 Å². The number of aliphatic imine (C=N–C) groups is 4. The number of hydrogen-bond donors (Lipinski definition) is 9. The number of nitrogens with one attached hydrogen (secondary N) is 2. The molecule has 0 amide bonds. The Bertz CT molecular complexity index is 2960. The molecule has 0 bridgehead atoms. The van der Waals surface area contributed by atoms with Crippen molar-refractivity contribution >= 4 is 74.9 Å². The van der Waals surface area contributed by atoms with Crippen LogP contribution in [0.5, 0.6) is 0 Å². The summed E-state index contributed by atoms with van der Waals surface area (Å²) >= 11 is 0. The minimum Gasteiger partial charge on any atom is -0.481 e. The van der Waals surface area contributed by atoms with Crippen LogP contribution in [0.1, 0.15) is 73.7 Å². The molecule has 4 aliphatic heterocycles. The van der Waals surface area contributed by atoms with Gasteiger partial charge in [0.2, 0.25) is 0 Å². The van der Waals surface area contributed by atoms with Crippen molar-refractivity contribution in [3.8, 4) is 0 Å². The number of nitrogens with two attached hydrogens (primary N) is 4. The van der Waals surface area contributed by atoms with Gasteiger partial charge in [-0.3, -0.25) is 35.6 Å². The Morgan fingerprint density at radius 3 is 0.909 bits per heavy atom. The molecular formula is C50H44N12O4. The smallest absolute Gasteiger partial charge is 0.300 e. The highest BCUT2D eigenvalue weighted by molar-refractivity contribution is 6.12. The van der Waals surface area contributed by atoms with Crippen molar-refractivity contribution in [3.05, 3.63) is 188 Å². The van der Waals surface area contributed by atoms with Crippen molar-refractivity contribution in [3.63, 3.8) is 0 Å². The van der Waals surface area contributed by atoms with Gasteiger partial charge in [-0.2, -0.15) is 0 Å². The minimum absolute atomic E-state index is 0.0735. The Morgan fingerprint density at radius 2 is 0.682 bits per heavy atom. The maximum absolute atomic E-state index is 9.00. The fraction of sp³-hybridized carbons (Fsp3) is 0.100. The first-order chi connectivity index (χ1) is 31.8. The third kappa shape index (κ3) is 9.33. The lowest BCUT2D eigenvalue weighted by atomic mass is 9.98. The van der Waals surface area contributed by atoms with Gasteiger partial charge in [-0.15, -0.1) is 0 Å². The van der Waals surface area contributed by atoms with E-state index in [1.54, 1.807) is 12.1 Å². The summed E-state index contributed by atoms with van der Waals surface area (Å²) in [6.07, 6.45) is 2.83. The predicted octanol–water partition coefficient (Wildman–Crippen LogP) is 6.93. The van der Waals surface area contributed by atoms with Gasteiger partial charge in [0.15, 0.2) is 11.7 Å². The maximum Gasteiger partial charge on any atom is 0.300 e. The summed E-state index contributed by atoms with van der Waals surface area (Å²) < 4.78 is 0. The van der Waals surface area contributed by atoms with Crippen LogP contribution in [0.4, 0.5) is 22.7 Å². The van der Waals surface area contributed by atoms with E-state index in [1.807, 2.05) is 60.7 Å². The summed E-state index contributed by atoms with van der Waals surface area (Å²) in [6, 6.07) is 39.1.